The first-order valence-corrected chi connectivity index (χ1v) is 17.1. The minimum atomic E-state index is -1.21. The molecule has 12 heteroatoms. The normalized spacial score (nSPS) is 19.1. The predicted molar refractivity (Wildman–Crippen MR) is 181 cm³/mol. The Labute approximate surface area is 275 Å². The highest BCUT2D eigenvalue weighted by atomic mass is 32.2. The lowest BCUT2D eigenvalue weighted by Gasteiger charge is -2.34. The number of hydrogen-bond donors (Lipinski definition) is 3. The summed E-state index contributed by atoms with van der Waals surface area (Å²) in [6.45, 7) is 15.9. The largest absolute Gasteiger partial charge is 0.468 e. The Morgan fingerprint density at radius 3 is 2.48 bits per heavy atom. The fraction of sp³-hybridized carbons (Fsp3) is 0.588. The van der Waals surface area contributed by atoms with Crippen molar-refractivity contribution in [2.45, 2.75) is 97.2 Å². The fourth-order valence-electron chi connectivity index (χ4n) is 4.90. The summed E-state index contributed by atoms with van der Waals surface area (Å²) in [7, 11) is 0.105. The molecule has 0 aliphatic carbocycles. The van der Waals surface area contributed by atoms with Crippen LogP contribution in [0.1, 0.15) is 85.5 Å². The lowest BCUT2D eigenvalue weighted by molar-refractivity contribution is -0.151. The molecule has 1 aromatic carbocycles. The first kappa shape index (κ1) is 37.3. The Balaban J connectivity index is 1.57. The summed E-state index contributed by atoms with van der Waals surface area (Å²) in [6.07, 6.45) is 4.52. The van der Waals surface area contributed by atoms with Crippen molar-refractivity contribution in [1.29, 1.82) is 0 Å². The second-order valence-electron chi connectivity index (χ2n) is 13.3. The van der Waals surface area contributed by atoms with Gasteiger partial charge >= 0.3 is 5.97 Å². The number of nitrogens with one attached hydrogen (secondary N) is 3. The first-order valence-electron chi connectivity index (χ1n) is 15.9. The molecule has 1 unspecified atom stereocenters. The van der Waals surface area contributed by atoms with Crippen molar-refractivity contribution < 1.29 is 28.1 Å². The number of pyridine rings is 1. The average molecular weight is 658 g/mol. The molecule has 3 N–H and O–H groups in total. The smallest absolute Gasteiger partial charge is 0.324 e. The quantitative estimate of drug-likeness (QED) is 0.273. The number of fused-ring (bicyclic) bond motifs is 1. The molecule has 2 aromatic rings. The van der Waals surface area contributed by atoms with E-state index in [-0.39, 0.29) is 34.4 Å². The summed E-state index contributed by atoms with van der Waals surface area (Å²) in [4.78, 5) is 42.9. The standard InChI is InChI=1S/C34H51N5O6S/c1-21(2)30(31(40)35-24(5)32(41)39-18-10-11-28(37-39)33(42)44-9)45-20-22(3)12-13-25-14-15-26-16-17-27(36-29(26)19-25)23(4)38-46(43)34(6,7)8/h12-17,19,21-24,28,30,37-38H,10-11,18,20H2,1-9H3,(H,35,40)/b13-12+/t22?,23-,24+,28+,30+,46+/m1/s1. The highest BCUT2D eigenvalue weighted by Crippen LogP contribution is 2.21. The van der Waals surface area contributed by atoms with Gasteiger partial charge in [0.25, 0.3) is 5.91 Å². The van der Waals surface area contributed by atoms with E-state index in [0.29, 0.717) is 26.0 Å². The van der Waals surface area contributed by atoms with E-state index < -0.39 is 35.1 Å². The third-order valence-electron chi connectivity index (χ3n) is 7.71. The van der Waals surface area contributed by atoms with Gasteiger partial charge in [0.15, 0.2) is 0 Å². The van der Waals surface area contributed by atoms with Crippen LogP contribution in [0.4, 0.5) is 0 Å². The van der Waals surface area contributed by atoms with Crippen molar-refractivity contribution >= 4 is 45.7 Å². The van der Waals surface area contributed by atoms with Crippen LogP contribution >= 0.6 is 0 Å². The lowest BCUT2D eigenvalue weighted by atomic mass is 10.0. The number of benzene rings is 1. The van der Waals surface area contributed by atoms with E-state index in [2.05, 4.69) is 15.5 Å². The van der Waals surface area contributed by atoms with Gasteiger partial charge in [0.1, 0.15) is 18.2 Å². The Kier molecular flexibility index (Phi) is 13.4. The molecule has 0 bridgehead atoms. The molecule has 0 radical (unpaired) electrons. The molecule has 1 fully saturated rings. The number of esters is 1. The van der Waals surface area contributed by atoms with Crippen LogP contribution in [0.15, 0.2) is 36.4 Å². The molecule has 254 valence electrons. The van der Waals surface area contributed by atoms with Crippen molar-refractivity contribution in [2.24, 2.45) is 11.8 Å². The Bertz CT molecular complexity index is 1420. The first-order chi connectivity index (χ1) is 21.6. The Hall–Kier alpha value is -3.19. The van der Waals surface area contributed by atoms with E-state index in [1.165, 1.54) is 12.1 Å². The zero-order valence-corrected chi connectivity index (χ0v) is 29.4. The van der Waals surface area contributed by atoms with Crippen LogP contribution < -0.4 is 15.5 Å². The minimum absolute atomic E-state index is 0.00694. The molecular weight excluding hydrogens is 606 g/mol. The molecular formula is C34H51N5O6S. The zero-order valence-electron chi connectivity index (χ0n) is 28.6. The van der Waals surface area contributed by atoms with E-state index in [1.54, 1.807) is 6.92 Å². The summed E-state index contributed by atoms with van der Waals surface area (Å²) in [5, 5.41) is 5.18. The molecule has 1 aliphatic heterocycles. The summed E-state index contributed by atoms with van der Waals surface area (Å²) in [5.74, 6) is -1.23. The summed E-state index contributed by atoms with van der Waals surface area (Å²) < 4.78 is 26.2. The third kappa shape index (κ3) is 10.4. The number of rotatable bonds is 13. The van der Waals surface area contributed by atoms with Crippen LogP contribution in [0.5, 0.6) is 0 Å². The molecule has 0 spiro atoms. The van der Waals surface area contributed by atoms with Gasteiger partial charge in [-0.3, -0.25) is 24.4 Å². The second-order valence-corrected chi connectivity index (χ2v) is 15.3. The van der Waals surface area contributed by atoms with Crippen LogP contribution in [-0.2, 0) is 34.8 Å². The van der Waals surface area contributed by atoms with E-state index in [1.807, 2.05) is 91.0 Å². The predicted octanol–water partition coefficient (Wildman–Crippen LogP) is 4.21. The lowest BCUT2D eigenvalue weighted by Crippen LogP contribution is -2.60. The van der Waals surface area contributed by atoms with Crippen molar-refractivity contribution in [3.63, 3.8) is 0 Å². The summed E-state index contributed by atoms with van der Waals surface area (Å²) >= 11 is 0. The third-order valence-corrected chi connectivity index (χ3v) is 9.39. The molecule has 11 nitrogen and oxygen atoms in total. The molecule has 2 amide bonds. The number of carbonyl (C=O) groups is 3. The molecule has 46 heavy (non-hydrogen) atoms. The van der Waals surface area contributed by atoms with Crippen LogP contribution in [0.25, 0.3) is 17.0 Å². The van der Waals surface area contributed by atoms with Gasteiger partial charge in [0.2, 0.25) is 5.91 Å². The maximum Gasteiger partial charge on any atom is 0.324 e. The number of ether oxygens (including phenoxy) is 2. The van der Waals surface area contributed by atoms with Gasteiger partial charge in [0.05, 0.1) is 46.7 Å². The Morgan fingerprint density at radius 2 is 1.83 bits per heavy atom. The number of aromatic nitrogens is 1. The molecule has 2 heterocycles. The minimum Gasteiger partial charge on any atom is -0.468 e. The molecule has 0 saturated carbocycles. The maximum atomic E-state index is 13.2. The maximum absolute atomic E-state index is 13.2. The van der Waals surface area contributed by atoms with Crippen LogP contribution in [-0.4, -0.2) is 75.2 Å². The monoisotopic (exact) mass is 657 g/mol. The SMILES string of the molecule is COC(=O)[C@@H]1CCCN(C(=O)[C@H](C)NC(=O)[C@@H](OCC(C)/C=C/c2ccc3ccc([C@@H](C)N[S@@](=O)C(C)(C)C)nc3c2)C(C)C)N1. The highest BCUT2D eigenvalue weighted by molar-refractivity contribution is 7.84. The van der Waals surface area contributed by atoms with Crippen molar-refractivity contribution in [3.8, 4) is 0 Å². The van der Waals surface area contributed by atoms with E-state index >= 15 is 0 Å². The zero-order chi connectivity index (χ0) is 34.2. The molecule has 3 rings (SSSR count). The van der Waals surface area contributed by atoms with Crippen LogP contribution in [0, 0.1) is 11.8 Å². The highest BCUT2D eigenvalue weighted by Gasteiger charge is 2.33. The van der Waals surface area contributed by atoms with Gasteiger partial charge in [0, 0.05) is 11.9 Å². The molecule has 1 aliphatic rings. The van der Waals surface area contributed by atoms with E-state index in [4.69, 9.17) is 14.5 Å². The van der Waals surface area contributed by atoms with Gasteiger partial charge in [-0.15, -0.1) is 0 Å². The van der Waals surface area contributed by atoms with Gasteiger partial charge in [-0.2, -0.15) is 0 Å². The second kappa shape index (κ2) is 16.6. The number of methoxy groups -OCH3 is 1. The number of nitrogens with zero attached hydrogens (tertiary/aromatic N) is 2. The number of hydrazine groups is 1. The van der Waals surface area contributed by atoms with Gasteiger partial charge < -0.3 is 14.8 Å². The van der Waals surface area contributed by atoms with Gasteiger partial charge in [-0.25, -0.2) is 14.4 Å². The van der Waals surface area contributed by atoms with E-state index in [9.17, 15) is 18.6 Å². The molecule has 1 aromatic heterocycles. The molecule has 6 atom stereocenters. The topological polar surface area (TPSA) is 139 Å². The molecule has 1 saturated heterocycles. The number of carbonyl (C=O) groups excluding carboxylic acids is 3. The average Bonchev–Trinajstić information content (AvgIpc) is 3.01. The van der Waals surface area contributed by atoms with Crippen molar-refractivity contribution in [3.05, 3.63) is 47.7 Å². The van der Waals surface area contributed by atoms with Crippen LogP contribution in [0.3, 0.4) is 0 Å². The van der Waals surface area contributed by atoms with Crippen LogP contribution in [0.2, 0.25) is 0 Å². The van der Waals surface area contributed by atoms with Gasteiger partial charge in [-0.05, 0) is 77.0 Å². The van der Waals surface area contributed by atoms with Crippen molar-refractivity contribution in [1.82, 2.24) is 25.5 Å². The number of amides is 2. The summed E-state index contributed by atoms with van der Waals surface area (Å²) in [6, 6.07) is 8.47. The fourth-order valence-corrected chi connectivity index (χ4v) is 5.69. The summed E-state index contributed by atoms with van der Waals surface area (Å²) in [5.41, 5.74) is 5.55. The van der Waals surface area contributed by atoms with E-state index in [0.717, 1.165) is 22.2 Å². The Morgan fingerprint density at radius 1 is 1.13 bits per heavy atom. The van der Waals surface area contributed by atoms with Gasteiger partial charge in [-0.1, -0.05) is 51.1 Å². The van der Waals surface area contributed by atoms with Crippen molar-refractivity contribution in [2.75, 3.05) is 20.3 Å². The number of hydrogen-bond acceptors (Lipinski definition) is 8.